The summed E-state index contributed by atoms with van der Waals surface area (Å²) in [5.74, 6) is -0.503. The molecule has 4 nitrogen and oxygen atoms in total. The highest BCUT2D eigenvalue weighted by Crippen LogP contribution is 2.60. The first-order valence-electron chi connectivity index (χ1n) is 8.38. The first-order chi connectivity index (χ1) is 11.4. The van der Waals surface area contributed by atoms with Gasteiger partial charge in [0.1, 0.15) is 0 Å². The Hall–Kier alpha value is -1.26. The number of carboxylic acids is 1. The largest absolute Gasteiger partial charge is 0.481 e. The van der Waals surface area contributed by atoms with Crippen molar-refractivity contribution in [2.45, 2.75) is 31.6 Å². The van der Waals surface area contributed by atoms with Crippen LogP contribution in [0, 0.1) is 17.3 Å². The van der Waals surface area contributed by atoms with Crippen molar-refractivity contribution in [3.63, 3.8) is 0 Å². The van der Waals surface area contributed by atoms with Gasteiger partial charge < -0.3 is 10.0 Å². The van der Waals surface area contributed by atoms with Gasteiger partial charge in [-0.3, -0.25) is 9.59 Å². The lowest BCUT2D eigenvalue weighted by Gasteiger charge is -2.33. The zero-order valence-electron chi connectivity index (χ0n) is 13.2. The number of halogens is 2. The summed E-state index contributed by atoms with van der Waals surface area (Å²) in [6.45, 7) is 1.36. The van der Waals surface area contributed by atoms with Gasteiger partial charge in [0.05, 0.1) is 5.92 Å². The van der Waals surface area contributed by atoms with Crippen LogP contribution in [0.4, 0.5) is 0 Å². The van der Waals surface area contributed by atoms with Crippen LogP contribution in [-0.4, -0.2) is 35.0 Å². The lowest BCUT2D eigenvalue weighted by molar-refractivity contribution is -0.140. The maximum Gasteiger partial charge on any atom is 0.307 e. The Morgan fingerprint density at radius 1 is 1.21 bits per heavy atom. The van der Waals surface area contributed by atoms with Gasteiger partial charge in [0.2, 0.25) is 5.91 Å². The quantitative estimate of drug-likeness (QED) is 0.883. The molecule has 1 saturated heterocycles. The Balaban J connectivity index is 1.36. The van der Waals surface area contributed by atoms with Gasteiger partial charge in [-0.2, -0.15) is 0 Å². The third-order valence-corrected chi connectivity index (χ3v) is 6.59. The Morgan fingerprint density at radius 3 is 2.50 bits per heavy atom. The molecule has 2 aliphatic carbocycles. The van der Waals surface area contributed by atoms with E-state index in [9.17, 15) is 9.59 Å². The van der Waals surface area contributed by atoms with Gasteiger partial charge in [-0.25, -0.2) is 0 Å². The number of aliphatic carboxylic acids is 1. The monoisotopic (exact) mass is 367 g/mol. The molecule has 4 rings (SSSR count). The molecule has 1 N–H and O–H groups in total. The summed E-state index contributed by atoms with van der Waals surface area (Å²) in [7, 11) is 0. The summed E-state index contributed by atoms with van der Waals surface area (Å²) in [5, 5.41) is 10.4. The second-order valence-corrected chi connectivity index (χ2v) is 8.24. The highest BCUT2D eigenvalue weighted by molar-refractivity contribution is 6.35. The molecule has 3 atom stereocenters. The molecule has 1 spiro atoms. The number of hydrogen-bond acceptors (Lipinski definition) is 2. The number of carbonyl (C=O) groups is 2. The van der Waals surface area contributed by atoms with Crippen LogP contribution >= 0.6 is 23.2 Å². The van der Waals surface area contributed by atoms with Crippen LogP contribution < -0.4 is 0 Å². The fraction of sp³-hybridized carbons (Fsp3) is 0.556. The Labute approximate surface area is 150 Å². The van der Waals surface area contributed by atoms with Crippen LogP contribution in [0.1, 0.15) is 37.2 Å². The van der Waals surface area contributed by atoms with Crippen LogP contribution in [0.5, 0.6) is 0 Å². The average molecular weight is 368 g/mol. The van der Waals surface area contributed by atoms with Gasteiger partial charge >= 0.3 is 5.97 Å². The van der Waals surface area contributed by atoms with Crippen molar-refractivity contribution in [3.8, 4) is 0 Å². The third-order valence-electron chi connectivity index (χ3n) is 6.03. The van der Waals surface area contributed by atoms with E-state index < -0.39 is 5.97 Å². The summed E-state index contributed by atoms with van der Waals surface area (Å²) in [6, 6.07) is 5.45. The molecule has 1 aromatic carbocycles. The topological polar surface area (TPSA) is 57.6 Å². The van der Waals surface area contributed by atoms with Crippen molar-refractivity contribution in [1.82, 2.24) is 4.90 Å². The van der Waals surface area contributed by atoms with Gasteiger partial charge in [0.25, 0.3) is 0 Å². The molecule has 1 amide bonds. The van der Waals surface area contributed by atoms with Crippen molar-refractivity contribution in [2.75, 3.05) is 13.1 Å². The number of carboxylic acid groups (broad SMARTS) is 1. The van der Waals surface area contributed by atoms with E-state index >= 15 is 0 Å². The molecule has 3 aliphatic rings. The fourth-order valence-electron chi connectivity index (χ4n) is 4.27. The summed E-state index contributed by atoms with van der Waals surface area (Å²) < 4.78 is 0. The molecule has 1 aliphatic heterocycles. The minimum Gasteiger partial charge on any atom is -0.481 e. The summed E-state index contributed by atoms with van der Waals surface area (Å²) in [5.41, 5.74) is 0.964. The predicted molar refractivity (Wildman–Crippen MR) is 91.3 cm³/mol. The molecule has 24 heavy (non-hydrogen) atoms. The molecule has 0 bridgehead atoms. The number of benzene rings is 1. The Kier molecular flexibility index (Phi) is 3.81. The smallest absolute Gasteiger partial charge is 0.307 e. The van der Waals surface area contributed by atoms with Crippen LogP contribution in [0.3, 0.4) is 0 Å². The van der Waals surface area contributed by atoms with E-state index in [0.29, 0.717) is 23.1 Å². The van der Waals surface area contributed by atoms with Crippen molar-refractivity contribution >= 4 is 35.1 Å². The van der Waals surface area contributed by atoms with E-state index in [1.165, 1.54) is 0 Å². The van der Waals surface area contributed by atoms with Crippen LogP contribution in [0.25, 0.3) is 0 Å². The molecule has 1 heterocycles. The number of carbonyl (C=O) groups excluding carboxylic acids is 1. The maximum absolute atomic E-state index is 12.7. The number of rotatable bonds is 3. The molecular weight excluding hydrogens is 349 g/mol. The van der Waals surface area contributed by atoms with Gasteiger partial charge in [-0.15, -0.1) is 0 Å². The molecule has 0 aromatic heterocycles. The molecule has 6 heteroatoms. The van der Waals surface area contributed by atoms with Crippen molar-refractivity contribution in [2.24, 2.45) is 17.3 Å². The van der Waals surface area contributed by atoms with Crippen LogP contribution in [0.2, 0.25) is 10.0 Å². The predicted octanol–water partition coefficient (Wildman–Crippen LogP) is 3.81. The summed E-state index contributed by atoms with van der Waals surface area (Å²) >= 11 is 12.2. The Morgan fingerprint density at radius 2 is 1.92 bits per heavy atom. The van der Waals surface area contributed by atoms with Gasteiger partial charge in [-0.1, -0.05) is 29.3 Å². The average Bonchev–Trinajstić information content (AvgIpc) is 3.43. The number of hydrogen-bond donors (Lipinski definition) is 1. The van der Waals surface area contributed by atoms with Crippen molar-refractivity contribution < 1.29 is 14.7 Å². The second kappa shape index (κ2) is 5.63. The van der Waals surface area contributed by atoms with Gasteiger partial charge in [0, 0.05) is 29.1 Å². The first-order valence-corrected chi connectivity index (χ1v) is 9.13. The maximum atomic E-state index is 12.7. The molecule has 2 saturated carbocycles. The molecular formula is C18H19Cl2NO3. The number of amides is 1. The number of nitrogens with zero attached hydrogens (tertiary/aromatic N) is 1. The molecule has 3 fully saturated rings. The van der Waals surface area contributed by atoms with Crippen LogP contribution in [0.15, 0.2) is 18.2 Å². The normalized spacial score (nSPS) is 30.2. The lowest BCUT2D eigenvalue weighted by Crippen LogP contribution is -2.41. The Bertz CT molecular complexity index is 712. The van der Waals surface area contributed by atoms with Crippen LogP contribution in [-0.2, 0) is 9.59 Å². The number of piperidine rings is 1. The zero-order valence-corrected chi connectivity index (χ0v) is 14.7. The lowest BCUT2D eigenvalue weighted by atomic mass is 9.90. The van der Waals surface area contributed by atoms with Gasteiger partial charge in [0.15, 0.2) is 0 Å². The third kappa shape index (κ3) is 2.70. The van der Waals surface area contributed by atoms with Crippen molar-refractivity contribution in [3.05, 3.63) is 33.8 Å². The SMILES string of the molecule is O=C(O)C1CC12CCN(C(=O)C1CC1c1ccc(Cl)cc1Cl)CC2. The second-order valence-electron chi connectivity index (χ2n) is 7.40. The van der Waals surface area contributed by atoms with E-state index in [4.69, 9.17) is 28.3 Å². The fourth-order valence-corrected chi connectivity index (χ4v) is 4.82. The minimum atomic E-state index is -0.686. The molecule has 0 radical (unpaired) electrons. The highest BCUT2D eigenvalue weighted by atomic mass is 35.5. The van der Waals surface area contributed by atoms with E-state index in [0.717, 1.165) is 31.2 Å². The molecule has 3 unspecified atom stereocenters. The summed E-state index contributed by atoms with van der Waals surface area (Å²) in [6.07, 6.45) is 3.24. The highest BCUT2D eigenvalue weighted by Gasteiger charge is 2.59. The standard InChI is InChI=1S/C18H19Cl2NO3/c19-10-1-2-11(15(20)7-10)12-8-13(12)16(22)21-5-3-18(4-6-21)9-14(18)17(23)24/h1-2,7,12-14H,3-6,8-9H2,(H,23,24). The molecule has 128 valence electrons. The minimum absolute atomic E-state index is 0.00667. The van der Waals surface area contributed by atoms with E-state index in [-0.39, 0.29) is 29.1 Å². The van der Waals surface area contributed by atoms with Crippen molar-refractivity contribution in [1.29, 1.82) is 0 Å². The summed E-state index contributed by atoms with van der Waals surface area (Å²) in [4.78, 5) is 25.7. The van der Waals surface area contributed by atoms with E-state index in [1.54, 1.807) is 6.07 Å². The van der Waals surface area contributed by atoms with Gasteiger partial charge in [-0.05, 0) is 54.7 Å². The first kappa shape index (κ1) is 16.2. The number of likely N-dealkylation sites (tertiary alicyclic amines) is 1. The zero-order chi connectivity index (χ0) is 17.1. The van der Waals surface area contributed by atoms with E-state index in [1.807, 2.05) is 17.0 Å². The molecule has 1 aromatic rings. The van der Waals surface area contributed by atoms with E-state index in [2.05, 4.69) is 0 Å².